The Bertz CT molecular complexity index is 323. The summed E-state index contributed by atoms with van der Waals surface area (Å²) < 4.78 is 5.11. The highest BCUT2D eigenvalue weighted by Crippen LogP contribution is 2.17. The molecule has 1 atom stereocenters. The average Bonchev–Trinajstić information content (AvgIpc) is 2.94. The molecular formula is C11H13NO2. The Morgan fingerprint density at radius 3 is 2.71 bits per heavy atom. The molecule has 3 heteroatoms. The van der Waals surface area contributed by atoms with Gasteiger partial charge in [0.2, 0.25) is 0 Å². The normalized spacial score (nSPS) is 19.2. The summed E-state index contributed by atoms with van der Waals surface area (Å²) in [5, 5.41) is 0. The Morgan fingerprint density at radius 2 is 2.14 bits per heavy atom. The van der Waals surface area contributed by atoms with Gasteiger partial charge < -0.3 is 9.64 Å². The van der Waals surface area contributed by atoms with E-state index in [1.54, 1.807) is 4.90 Å². The molecule has 1 amide bonds. The summed E-state index contributed by atoms with van der Waals surface area (Å²) in [6, 6.07) is 10.1. The van der Waals surface area contributed by atoms with Crippen molar-refractivity contribution in [3.63, 3.8) is 0 Å². The Kier molecular flexibility index (Phi) is 2.39. The second kappa shape index (κ2) is 3.70. The number of ether oxygens (including phenoxy) is 1. The van der Waals surface area contributed by atoms with Gasteiger partial charge >= 0.3 is 6.09 Å². The highest BCUT2D eigenvalue weighted by atomic mass is 16.6. The zero-order valence-electron chi connectivity index (χ0n) is 8.14. The molecule has 14 heavy (non-hydrogen) atoms. The van der Waals surface area contributed by atoms with E-state index < -0.39 is 0 Å². The van der Waals surface area contributed by atoms with Crippen molar-refractivity contribution < 1.29 is 9.53 Å². The Labute approximate surface area is 83.3 Å². The SMILES string of the molecule is C[C@H]1CN1C(=O)OCc1ccccc1. The number of rotatable bonds is 2. The first kappa shape index (κ1) is 9.06. The Balaban J connectivity index is 1.80. The number of carbonyl (C=O) groups is 1. The lowest BCUT2D eigenvalue weighted by Gasteiger charge is -2.05. The molecule has 0 spiro atoms. The van der Waals surface area contributed by atoms with Crippen molar-refractivity contribution >= 4 is 6.09 Å². The van der Waals surface area contributed by atoms with Crippen LogP contribution in [0.2, 0.25) is 0 Å². The first-order valence-electron chi connectivity index (χ1n) is 4.74. The van der Waals surface area contributed by atoms with Gasteiger partial charge in [-0.15, -0.1) is 0 Å². The highest BCUT2D eigenvalue weighted by molar-refractivity contribution is 5.70. The van der Waals surface area contributed by atoms with Gasteiger partial charge in [0.15, 0.2) is 0 Å². The number of amides is 1. The molecule has 1 heterocycles. The number of carbonyl (C=O) groups excluding carboxylic acids is 1. The molecule has 0 radical (unpaired) electrons. The van der Waals surface area contributed by atoms with Crippen molar-refractivity contribution in [2.24, 2.45) is 0 Å². The smallest absolute Gasteiger partial charge is 0.410 e. The molecule has 1 fully saturated rings. The molecule has 0 N–H and O–H groups in total. The van der Waals surface area contributed by atoms with Gasteiger partial charge in [0.05, 0.1) is 6.04 Å². The van der Waals surface area contributed by atoms with Crippen molar-refractivity contribution in [3.8, 4) is 0 Å². The fourth-order valence-corrected chi connectivity index (χ4v) is 1.29. The van der Waals surface area contributed by atoms with Crippen molar-refractivity contribution in [2.75, 3.05) is 6.54 Å². The average molecular weight is 191 g/mol. The second-order valence-corrected chi connectivity index (χ2v) is 3.54. The monoisotopic (exact) mass is 191 g/mol. The predicted molar refractivity (Wildman–Crippen MR) is 52.8 cm³/mol. The van der Waals surface area contributed by atoms with Gasteiger partial charge in [0, 0.05) is 6.54 Å². The van der Waals surface area contributed by atoms with Crippen molar-refractivity contribution in [1.29, 1.82) is 0 Å². The molecule has 2 rings (SSSR count). The molecular weight excluding hydrogens is 178 g/mol. The molecule has 0 aromatic heterocycles. The summed E-state index contributed by atoms with van der Waals surface area (Å²) in [7, 11) is 0. The van der Waals surface area contributed by atoms with Crippen LogP contribution < -0.4 is 0 Å². The standard InChI is InChI=1S/C11H13NO2/c1-9-7-12(9)11(13)14-8-10-5-3-2-4-6-10/h2-6,9H,7-8H2,1H3/t9-,12?/m0/s1. The van der Waals surface area contributed by atoms with Crippen LogP contribution in [-0.4, -0.2) is 23.6 Å². The van der Waals surface area contributed by atoms with Crippen LogP contribution in [0.3, 0.4) is 0 Å². The summed E-state index contributed by atoms with van der Waals surface area (Å²) in [5.74, 6) is 0. The van der Waals surface area contributed by atoms with E-state index in [0.29, 0.717) is 12.6 Å². The topological polar surface area (TPSA) is 29.3 Å². The van der Waals surface area contributed by atoms with E-state index in [1.165, 1.54) is 0 Å². The lowest BCUT2D eigenvalue weighted by Crippen LogP contribution is -2.14. The van der Waals surface area contributed by atoms with E-state index in [4.69, 9.17) is 4.74 Å². The van der Waals surface area contributed by atoms with E-state index >= 15 is 0 Å². The van der Waals surface area contributed by atoms with E-state index in [9.17, 15) is 4.79 Å². The van der Waals surface area contributed by atoms with E-state index in [0.717, 1.165) is 12.1 Å². The van der Waals surface area contributed by atoms with Gasteiger partial charge in [0.1, 0.15) is 6.61 Å². The van der Waals surface area contributed by atoms with Crippen LogP contribution in [0.25, 0.3) is 0 Å². The van der Waals surface area contributed by atoms with Gasteiger partial charge in [-0.1, -0.05) is 30.3 Å². The van der Waals surface area contributed by atoms with E-state index in [-0.39, 0.29) is 6.09 Å². The number of hydrogen-bond donors (Lipinski definition) is 0. The lowest BCUT2D eigenvalue weighted by molar-refractivity contribution is 0.122. The van der Waals surface area contributed by atoms with Gasteiger partial charge in [-0.05, 0) is 12.5 Å². The number of benzene rings is 1. The second-order valence-electron chi connectivity index (χ2n) is 3.54. The fraction of sp³-hybridized carbons (Fsp3) is 0.364. The van der Waals surface area contributed by atoms with Crippen LogP contribution in [0, 0.1) is 0 Å². The summed E-state index contributed by atoms with van der Waals surface area (Å²) in [6.45, 7) is 3.19. The molecule has 1 aromatic rings. The third-order valence-corrected chi connectivity index (χ3v) is 2.30. The van der Waals surface area contributed by atoms with Crippen LogP contribution in [0.1, 0.15) is 12.5 Å². The summed E-state index contributed by atoms with van der Waals surface area (Å²) in [6.07, 6.45) is -0.207. The zero-order valence-corrected chi connectivity index (χ0v) is 8.14. The van der Waals surface area contributed by atoms with Crippen LogP contribution >= 0.6 is 0 Å². The first-order valence-corrected chi connectivity index (χ1v) is 4.74. The molecule has 0 bridgehead atoms. The predicted octanol–water partition coefficient (Wildman–Crippen LogP) is 2.03. The zero-order chi connectivity index (χ0) is 9.97. The molecule has 0 aliphatic carbocycles. The van der Waals surface area contributed by atoms with E-state index in [1.807, 2.05) is 37.3 Å². The minimum absolute atomic E-state index is 0.207. The Hall–Kier alpha value is -1.51. The lowest BCUT2D eigenvalue weighted by atomic mass is 10.2. The third kappa shape index (κ3) is 2.05. The quantitative estimate of drug-likeness (QED) is 0.669. The molecule has 0 unspecified atom stereocenters. The highest BCUT2D eigenvalue weighted by Gasteiger charge is 2.35. The van der Waals surface area contributed by atoms with Crippen LogP contribution in [0.5, 0.6) is 0 Å². The van der Waals surface area contributed by atoms with Crippen molar-refractivity contribution in [3.05, 3.63) is 35.9 Å². The van der Waals surface area contributed by atoms with E-state index in [2.05, 4.69) is 0 Å². The Morgan fingerprint density at radius 1 is 1.50 bits per heavy atom. The van der Waals surface area contributed by atoms with Crippen molar-refractivity contribution in [1.82, 2.24) is 4.90 Å². The van der Waals surface area contributed by atoms with Gasteiger partial charge in [-0.25, -0.2) is 4.79 Å². The third-order valence-electron chi connectivity index (χ3n) is 2.30. The molecule has 0 saturated carbocycles. The molecule has 1 aliphatic rings. The minimum atomic E-state index is -0.207. The maximum absolute atomic E-state index is 11.3. The fourth-order valence-electron chi connectivity index (χ4n) is 1.29. The summed E-state index contributed by atoms with van der Waals surface area (Å²) in [5.41, 5.74) is 1.02. The van der Waals surface area contributed by atoms with Gasteiger partial charge in [-0.2, -0.15) is 0 Å². The maximum atomic E-state index is 11.3. The molecule has 1 aliphatic heterocycles. The molecule has 1 aromatic carbocycles. The van der Waals surface area contributed by atoms with Gasteiger partial charge in [0.25, 0.3) is 0 Å². The van der Waals surface area contributed by atoms with Crippen LogP contribution in [0.4, 0.5) is 4.79 Å². The number of nitrogens with zero attached hydrogens (tertiary/aromatic N) is 1. The van der Waals surface area contributed by atoms with Crippen LogP contribution in [0.15, 0.2) is 30.3 Å². The molecule has 74 valence electrons. The first-order chi connectivity index (χ1) is 6.77. The van der Waals surface area contributed by atoms with Crippen molar-refractivity contribution in [2.45, 2.75) is 19.6 Å². The summed E-state index contributed by atoms with van der Waals surface area (Å²) in [4.78, 5) is 13.0. The molecule has 1 saturated heterocycles. The summed E-state index contributed by atoms with van der Waals surface area (Å²) >= 11 is 0. The maximum Gasteiger partial charge on any atom is 0.410 e. The van der Waals surface area contributed by atoms with Crippen LogP contribution in [-0.2, 0) is 11.3 Å². The van der Waals surface area contributed by atoms with Gasteiger partial charge in [-0.3, -0.25) is 0 Å². The largest absolute Gasteiger partial charge is 0.445 e. The minimum Gasteiger partial charge on any atom is -0.445 e. The number of hydrogen-bond acceptors (Lipinski definition) is 2. The molecule has 3 nitrogen and oxygen atoms in total.